The lowest BCUT2D eigenvalue weighted by molar-refractivity contribution is -0.112. The molecular formula is C13H24O. The van der Waals surface area contributed by atoms with Gasteiger partial charge < -0.3 is 0 Å². The van der Waals surface area contributed by atoms with Gasteiger partial charge in [-0.25, -0.2) is 0 Å². The maximum absolute atomic E-state index is 10.6. The third-order valence-electron chi connectivity index (χ3n) is 2.37. The summed E-state index contributed by atoms with van der Waals surface area (Å²) in [6, 6.07) is 0. The molecule has 1 atom stereocenters. The van der Waals surface area contributed by atoms with E-state index in [0.29, 0.717) is 5.92 Å². The summed E-state index contributed by atoms with van der Waals surface area (Å²) in [4.78, 5) is 10.6. The Morgan fingerprint density at radius 1 is 1.21 bits per heavy atom. The Morgan fingerprint density at radius 3 is 2.36 bits per heavy atom. The van der Waals surface area contributed by atoms with E-state index >= 15 is 0 Å². The first kappa shape index (κ1) is 13.4. The van der Waals surface area contributed by atoms with Gasteiger partial charge in [0.15, 0.2) is 5.78 Å². The van der Waals surface area contributed by atoms with Gasteiger partial charge in [0.1, 0.15) is 0 Å². The molecule has 0 unspecified atom stereocenters. The number of allylic oxidation sites excluding steroid dienone is 2. The largest absolute Gasteiger partial charge is 0.295 e. The predicted octanol–water partition coefficient (Wildman–Crippen LogP) is 3.98. The quantitative estimate of drug-likeness (QED) is 0.563. The van der Waals surface area contributed by atoms with Crippen molar-refractivity contribution in [1.29, 1.82) is 0 Å². The Bertz CT molecular complexity index is 180. The van der Waals surface area contributed by atoms with Gasteiger partial charge in [-0.3, -0.25) is 4.79 Å². The Hall–Kier alpha value is -0.590. The SMILES string of the molecule is CC(=O)/C=C/C[C@H](C)CCCC(C)C. The fraction of sp³-hybridized carbons (Fsp3) is 0.769. The van der Waals surface area contributed by atoms with Crippen LogP contribution in [0.3, 0.4) is 0 Å². The lowest BCUT2D eigenvalue weighted by atomic mass is 9.97. The average molecular weight is 196 g/mol. The minimum atomic E-state index is 0.152. The van der Waals surface area contributed by atoms with Crippen molar-refractivity contribution in [3.05, 3.63) is 12.2 Å². The molecule has 0 aromatic rings. The molecule has 14 heavy (non-hydrogen) atoms. The normalized spacial score (nSPS) is 13.8. The lowest BCUT2D eigenvalue weighted by Gasteiger charge is -2.09. The summed E-state index contributed by atoms with van der Waals surface area (Å²) in [5.74, 6) is 1.68. The van der Waals surface area contributed by atoms with Crippen LogP contribution < -0.4 is 0 Å². The van der Waals surface area contributed by atoms with Crippen LogP contribution in [0.25, 0.3) is 0 Å². The molecule has 0 aliphatic carbocycles. The maximum Gasteiger partial charge on any atom is 0.152 e. The highest BCUT2D eigenvalue weighted by atomic mass is 16.1. The smallest absolute Gasteiger partial charge is 0.152 e. The summed E-state index contributed by atoms with van der Waals surface area (Å²) < 4.78 is 0. The predicted molar refractivity (Wildman–Crippen MR) is 62.3 cm³/mol. The molecule has 1 heteroatoms. The number of ketones is 1. The van der Waals surface area contributed by atoms with Gasteiger partial charge in [0, 0.05) is 0 Å². The van der Waals surface area contributed by atoms with Gasteiger partial charge in [0.2, 0.25) is 0 Å². The van der Waals surface area contributed by atoms with E-state index in [9.17, 15) is 4.79 Å². The monoisotopic (exact) mass is 196 g/mol. The Morgan fingerprint density at radius 2 is 1.86 bits per heavy atom. The summed E-state index contributed by atoms with van der Waals surface area (Å²) in [6.07, 6.45) is 8.63. The van der Waals surface area contributed by atoms with Gasteiger partial charge >= 0.3 is 0 Å². The number of hydrogen-bond donors (Lipinski definition) is 0. The van der Waals surface area contributed by atoms with E-state index in [4.69, 9.17) is 0 Å². The van der Waals surface area contributed by atoms with Crippen LogP contribution in [0.4, 0.5) is 0 Å². The van der Waals surface area contributed by atoms with Gasteiger partial charge in [-0.15, -0.1) is 0 Å². The first-order valence-corrected chi connectivity index (χ1v) is 5.69. The first-order valence-electron chi connectivity index (χ1n) is 5.69. The number of hydrogen-bond acceptors (Lipinski definition) is 1. The molecule has 0 aliphatic rings. The molecule has 1 nitrogen and oxygen atoms in total. The Balaban J connectivity index is 3.45. The first-order chi connectivity index (χ1) is 6.52. The van der Waals surface area contributed by atoms with E-state index in [2.05, 4.69) is 20.8 Å². The third-order valence-corrected chi connectivity index (χ3v) is 2.37. The van der Waals surface area contributed by atoms with E-state index < -0.39 is 0 Å². The van der Waals surface area contributed by atoms with Crippen LogP contribution in [-0.2, 0) is 4.79 Å². The van der Waals surface area contributed by atoms with Gasteiger partial charge in [-0.05, 0) is 31.3 Å². The van der Waals surface area contributed by atoms with Crippen molar-refractivity contribution < 1.29 is 4.79 Å². The molecule has 0 radical (unpaired) electrons. The minimum absolute atomic E-state index is 0.152. The second kappa shape index (κ2) is 7.78. The van der Waals surface area contributed by atoms with Crippen LogP contribution in [-0.4, -0.2) is 5.78 Å². The molecule has 0 aromatic carbocycles. The van der Waals surface area contributed by atoms with Gasteiger partial charge in [-0.1, -0.05) is 46.1 Å². The molecule has 0 saturated carbocycles. The highest BCUT2D eigenvalue weighted by molar-refractivity contribution is 5.87. The van der Waals surface area contributed by atoms with Crippen molar-refractivity contribution in [3.63, 3.8) is 0 Å². The maximum atomic E-state index is 10.6. The van der Waals surface area contributed by atoms with E-state index in [1.165, 1.54) is 19.3 Å². The van der Waals surface area contributed by atoms with Crippen LogP contribution in [0.5, 0.6) is 0 Å². The molecule has 0 aliphatic heterocycles. The van der Waals surface area contributed by atoms with Crippen molar-refractivity contribution in [2.75, 3.05) is 0 Å². The summed E-state index contributed by atoms with van der Waals surface area (Å²) in [7, 11) is 0. The molecule has 0 rings (SSSR count). The topological polar surface area (TPSA) is 17.1 Å². The average Bonchev–Trinajstić information content (AvgIpc) is 2.02. The highest BCUT2D eigenvalue weighted by Gasteiger charge is 2.00. The molecule has 0 fully saturated rings. The zero-order chi connectivity index (χ0) is 11.0. The molecule has 0 heterocycles. The summed E-state index contributed by atoms with van der Waals surface area (Å²) >= 11 is 0. The Kier molecular flexibility index (Phi) is 7.45. The number of rotatable bonds is 7. The van der Waals surface area contributed by atoms with Crippen LogP contribution in [0, 0.1) is 11.8 Å². The Labute approximate surface area is 88.6 Å². The fourth-order valence-electron chi connectivity index (χ4n) is 1.46. The fourth-order valence-corrected chi connectivity index (χ4v) is 1.46. The van der Waals surface area contributed by atoms with Crippen LogP contribution in [0.1, 0.15) is 53.4 Å². The number of carbonyl (C=O) groups is 1. The summed E-state index contributed by atoms with van der Waals surface area (Å²) in [5, 5.41) is 0. The van der Waals surface area contributed by atoms with E-state index in [1.807, 2.05) is 6.08 Å². The van der Waals surface area contributed by atoms with Crippen LogP contribution >= 0.6 is 0 Å². The standard InChI is InChI=1S/C13H24O/c1-11(2)7-5-8-12(3)9-6-10-13(4)14/h6,10-12H,5,7-9H2,1-4H3/b10-6+/t12-/m1/s1. The summed E-state index contributed by atoms with van der Waals surface area (Å²) in [6.45, 7) is 8.38. The summed E-state index contributed by atoms with van der Waals surface area (Å²) in [5.41, 5.74) is 0. The molecule has 0 N–H and O–H groups in total. The minimum Gasteiger partial charge on any atom is -0.295 e. The van der Waals surface area contributed by atoms with Gasteiger partial charge in [-0.2, -0.15) is 0 Å². The molecular weight excluding hydrogens is 172 g/mol. The van der Waals surface area contributed by atoms with Gasteiger partial charge in [0.25, 0.3) is 0 Å². The second-order valence-electron chi connectivity index (χ2n) is 4.68. The van der Waals surface area contributed by atoms with E-state index in [0.717, 1.165) is 12.3 Å². The van der Waals surface area contributed by atoms with Crippen molar-refractivity contribution in [3.8, 4) is 0 Å². The zero-order valence-corrected chi connectivity index (χ0v) is 10.0. The van der Waals surface area contributed by atoms with Crippen LogP contribution in [0.2, 0.25) is 0 Å². The molecule has 0 spiro atoms. The number of carbonyl (C=O) groups excluding carboxylic acids is 1. The molecule has 0 bridgehead atoms. The van der Waals surface area contributed by atoms with Crippen molar-refractivity contribution in [2.45, 2.75) is 53.4 Å². The highest BCUT2D eigenvalue weighted by Crippen LogP contribution is 2.15. The van der Waals surface area contributed by atoms with Crippen molar-refractivity contribution in [1.82, 2.24) is 0 Å². The molecule has 0 aromatic heterocycles. The second-order valence-corrected chi connectivity index (χ2v) is 4.68. The molecule has 0 saturated heterocycles. The van der Waals surface area contributed by atoms with Crippen LogP contribution in [0.15, 0.2) is 12.2 Å². The lowest BCUT2D eigenvalue weighted by Crippen LogP contribution is -1.95. The molecule has 0 amide bonds. The van der Waals surface area contributed by atoms with E-state index in [-0.39, 0.29) is 5.78 Å². The third kappa shape index (κ3) is 9.50. The van der Waals surface area contributed by atoms with E-state index in [1.54, 1.807) is 13.0 Å². The van der Waals surface area contributed by atoms with Gasteiger partial charge in [0.05, 0.1) is 0 Å². The van der Waals surface area contributed by atoms with Crippen molar-refractivity contribution in [2.24, 2.45) is 11.8 Å². The zero-order valence-electron chi connectivity index (χ0n) is 10.0. The molecule has 82 valence electrons. The van der Waals surface area contributed by atoms with Crippen molar-refractivity contribution >= 4 is 5.78 Å².